The average molecular weight is 558 g/mol. The highest BCUT2D eigenvalue weighted by Crippen LogP contribution is 2.32. The fourth-order valence-corrected chi connectivity index (χ4v) is 5.35. The summed E-state index contributed by atoms with van der Waals surface area (Å²) < 4.78 is 7.78. The Labute approximate surface area is 247 Å². The van der Waals surface area contributed by atoms with E-state index in [4.69, 9.17) is 15.1 Å². The van der Waals surface area contributed by atoms with E-state index in [1.165, 1.54) is 7.85 Å². The minimum absolute atomic E-state index is 0.0607. The predicted octanol–water partition coefficient (Wildman–Crippen LogP) is 5.60. The number of fused-ring (bicyclic) bond motifs is 1. The summed E-state index contributed by atoms with van der Waals surface area (Å²) in [5, 5.41) is 10.9. The minimum Gasteiger partial charge on any atom is -0.483 e. The normalized spacial score (nSPS) is 13.2. The van der Waals surface area contributed by atoms with E-state index in [0.717, 1.165) is 52.2 Å². The maximum absolute atomic E-state index is 14.1. The zero-order chi connectivity index (χ0) is 30.0. The molecule has 0 bridgehead atoms. The summed E-state index contributed by atoms with van der Waals surface area (Å²) in [4.78, 5) is 30.5. The molecule has 2 heterocycles. The molecule has 1 aromatic heterocycles. The summed E-state index contributed by atoms with van der Waals surface area (Å²) in [6.07, 6.45) is 6.12. The number of nitrogens with one attached hydrogen (secondary N) is 2. The zero-order valence-corrected chi connectivity index (χ0v) is 24.7. The third-order valence-electron chi connectivity index (χ3n) is 7.35. The Morgan fingerprint density at radius 1 is 1.10 bits per heavy atom. The van der Waals surface area contributed by atoms with Crippen LogP contribution in [0.2, 0.25) is 0 Å². The minimum atomic E-state index is -0.372. The molecule has 0 fully saturated rings. The maximum atomic E-state index is 14.1. The van der Waals surface area contributed by atoms with Gasteiger partial charge >= 0.3 is 0 Å². The second kappa shape index (κ2) is 11.6. The van der Waals surface area contributed by atoms with Gasteiger partial charge in [-0.15, -0.1) is 0 Å². The van der Waals surface area contributed by atoms with Gasteiger partial charge in [-0.3, -0.25) is 19.6 Å². The molecule has 0 spiro atoms. The molecule has 0 radical (unpaired) electrons. The number of nitrogens with zero attached hydrogens (tertiary/aromatic N) is 2. The number of aryl methyl sites for hydroxylation is 2. The number of aromatic nitrogens is 2. The molecule has 0 atom stereocenters. The molecule has 4 aromatic rings. The molecule has 3 aromatic carbocycles. The number of rotatable bonds is 7. The molecule has 0 saturated heterocycles. The highest BCUT2D eigenvalue weighted by atomic mass is 16.5. The Bertz CT molecular complexity index is 1770. The van der Waals surface area contributed by atoms with E-state index in [-0.39, 0.29) is 22.8 Å². The highest BCUT2D eigenvalue weighted by Gasteiger charge is 2.23. The fourth-order valence-electron chi connectivity index (χ4n) is 5.35. The summed E-state index contributed by atoms with van der Waals surface area (Å²) in [6.45, 7) is 8.00. The van der Waals surface area contributed by atoms with E-state index in [1.54, 1.807) is 4.57 Å². The molecule has 2 N–H and O–H groups in total. The Balaban J connectivity index is 1.50. The fraction of sp³-hybridized carbons (Fsp3) is 0.235. The second-order valence-corrected chi connectivity index (χ2v) is 11.2. The van der Waals surface area contributed by atoms with E-state index in [1.807, 2.05) is 99.7 Å². The maximum Gasteiger partial charge on any atom is 0.261 e. The van der Waals surface area contributed by atoms with Crippen molar-refractivity contribution in [2.45, 2.75) is 52.6 Å². The van der Waals surface area contributed by atoms with Crippen LogP contribution in [0.3, 0.4) is 0 Å². The molecular weight excluding hydrogens is 523 g/mol. The van der Waals surface area contributed by atoms with Gasteiger partial charge in [-0.05, 0) is 68.2 Å². The molecule has 5 rings (SSSR count). The van der Waals surface area contributed by atoms with Crippen molar-refractivity contribution in [3.63, 3.8) is 0 Å². The van der Waals surface area contributed by atoms with Gasteiger partial charge in [0.15, 0.2) is 5.81 Å². The van der Waals surface area contributed by atoms with Gasteiger partial charge in [0.05, 0.1) is 11.4 Å². The molecule has 8 heteroatoms. The molecule has 1 amide bonds. The van der Waals surface area contributed by atoms with Crippen molar-refractivity contribution in [1.82, 2.24) is 14.9 Å². The van der Waals surface area contributed by atoms with Crippen molar-refractivity contribution >= 4 is 25.6 Å². The number of hydrogen-bond acceptors (Lipinski definition) is 5. The van der Waals surface area contributed by atoms with Crippen molar-refractivity contribution in [2.24, 2.45) is 0 Å². The Morgan fingerprint density at radius 3 is 2.55 bits per heavy atom. The van der Waals surface area contributed by atoms with Crippen LogP contribution in [0.4, 0.5) is 4.79 Å². The van der Waals surface area contributed by atoms with Crippen LogP contribution in [-0.2, 0) is 12.8 Å². The standard InChI is InChI=1S/C34H35BN4O3/c1-5-8-29-28(19-22-11-13-23(14-12-22)26-9-6-7-10-27(26)31(36)38-33(35)41)32(40)39(21(2)37-29)25-15-16-30-24(20-25)17-18-34(3,4)42-30/h6-7,9-18,20H,5,8,19,35H2,1-4H3,(H2,36,38,41). The third-order valence-corrected chi connectivity index (χ3v) is 7.35. The lowest BCUT2D eigenvalue weighted by Crippen LogP contribution is -2.29. The average Bonchev–Trinajstić information content (AvgIpc) is 2.95. The Hall–Kier alpha value is -4.72. The first-order valence-corrected chi connectivity index (χ1v) is 14.2. The number of ether oxygens (including phenoxy) is 1. The van der Waals surface area contributed by atoms with Gasteiger partial charge < -0.3 is 10.1 Å². The van der Waals surface area contributed by atoms with Gasteiger partial charge in [0.2, 0.25) is 7.85 Å². The van der Waals surface area contributed by atoms with E-state index >= 15 is 0 Å². The van der Waals surface area contributed by atoms with E-state index in [2.05, 4.69) is 12.2 Å². The number of hydrogen-bond donors (Lipinski definition) is 2. The lowest BCUT2D eigenvalue weighted by Gasteiger charge is -2.28. The predicted molar refractivity (Wildman–Crippen MR) is 171 cm³/mol. The van der Waals surface area contributed by atoms with Crippen LogP contribution >= 0.6 is 0 Å². The SMILES string of the molecule is BC(=O)NC(=N)c1ccccc1-c1ccc(Cc2c(CCC)nc(C)n(-c3ccc4c(c3)C=CC(C)(C)O4)c2=O)cc1. The topological polar surface area (TPSA) is 97.1 Å². The lowest BCUT2D eigenvalue weighted by atomic mass is 9.95. The first-order valence-electron chi connectivity index (χ1n) is 14.2. The zero-order valence-electron chi connectivity index (χ0n) is 24.7. The summed E-state index contributed by atoms with van der Waals surface area (Å²) in [7, 11) is 1.39. The summed E-state index contributed by atoms with van der Waals surface area (Å²) in [5.74, 6) is 1.23. The van der Waals surface area contributed by atoms with Crippen molar-refractivity contribution in [2.75, 3.05) is 0 Å². The number of carbonyl (C=O) groups is 1. The Kier molecular flexibility index (Phi) is 7.99. The summed E-state index contributed by atoms with van der Waals surface area (Å²) >= 11 is 0. The summed E-state index contributed by atoms with van der Waals surface area (Å²) in [5.41, 5.74) is 6.18. The van der Waals surface area contributed by atoms with Gasteiger partial charge in [0, 0.05) is 23.1 Å². The molecule has 7 nitrogen and oxygen atoms in total. The second-order valence-electron chi connectivity index (χ2n) is 11.2. The molecule has 0 saturated carbocycles. The molecule has 212 valence electrons. The number of benzene rings is 3. The Morgan fingerprint density at radius 2 is 1.83 bits per heavy atom. The molecule has 0 aliphatic carbocycles. The molecule has 1 aliphatic rings. The van der Waals surface area contributed by atoms with Gasteiger partial charge in [-0.25, -0.2) is 4.98 Å². The lowest BCUT2D eigenvalue weighted by molar-refractivity contribution is 0.159. The molecule has 42 heavy (non-hydrogen) atoms. The van der Waals surface area contributed by atoms with Crippen LogP contribution in [0.5, 0.6) is 5.75 Å². The van der Waals surface area contributed by atoms with Gasteiger partial charge in [0.1, 0.15) is 23.0 Å². The van der Waals surface area contributed by atoms with E-state index in [9.17, 15) is 9.59 Å². The monoisotopic (exact) mass is 558 g/mol. The first kappa shape index (κ1) is 28.8. The van der Waals surface area contributed by atoms with Crippen LogP contribution in [0.1, 0.15) is 61.0 Å². The molecular formula is C34H35BN4O3. The third kappa shape index (κ3) is 5.98. The number of amidine groups is 1. The van der Waals surface area contributed by atoms with Crippen LogP contribution in [0.25, 0.3) is 22.9 Å². The number of carbonyl (C=O) groups excluding carboxylic acids is 1. The summed E-state index contributed by atoms with van der Waals surface area (Å²) in [6, 6.07) is 21.3. The highest BCUT2D eigenvalue weighted by molar-refractivity contribution is 6.58. The first-order chi connectivity index (χ1) is 20.1. The van der Waals surface area contributed by atoms with Crippen LogP contribution in [0.15, 0.2) is 77.6 Å². The van der Waals surface area contributed by atoms with Crippen molar-refractivity contribution in [3.8, 4) is 22.6 Å². The largest absolute Gasteiger partial charge is 0.483 e. The number of amides is 1. The van der Waals surface area contributed by atoms with Crippen LogP contribution in [-0.4, -0.2) is 34.6 Å². The van der Waals surface area contributed by atoms with Crippen LogP contribution < -0.4 is 15.6 Å². The van der Waals surface area contributed by atoms with Gasteiger partial charge in [-0.1, -0.05) is 68.0 Å². The molecule has 1 aliphatic heterocycles. The van der Waals surface area contributed by atoms with Crippen molar-refractivity contribution in [1.29, 1.82) is 5.41 Å². The molecule has 0 unspecified atom stereocenters. The quantitative estimate of drug-likeness (QED) is 0.175. The van der Waals surface area contributed by atoms with Crippen molar-refractivity contribution in [3.05, 3.63) is 117 Å². The smallest absolute Gasteiger partial charge is 0.261 e. The van der Waals surface area contributed by atoms with Gasteiger partial charge in [0.25, 0.3) is 5.56 Å². The van der Waals surface area contributed by atoms with Crippen LogP contribution in [0, 0.1) is 12.3 Å². The van der Waals surface area contributed by atoms with Crippen molar-refractivity contribution < 1.29 is 9.53 Å². The van der Waals surface area contributed by atoms with Gasteiger partial charge in [-0.2, -0.15) is 0 Å². The van der Waals surface area contributed by atoms with E-state index < -0.39 is 0 Å². The van der Waals surface area contributed by atoms with E-state index in [0.29, 0.717) is 23.4 Å².